The summed E-state index contributed by atoms with van der Waals surface area (Å²) in [7, 11) is 0. The van der Waals surface area contributed by atoms with Gasteiger partial charge in [0, 0.05) is 0 Å². The van der Waals surface area contributed by atoms with Crippen LogP contribution in [0.2, 0.25) is 0 Å². The molecule has 0 rings (SSSR count). The van der Waals surface area contributed by atoms with Gasteiger partial charge in [0.2, 0.25) is 0 Å². The van der Waals surface area contributed by atoms with E-state index < -0.39 is 6.10 Å². The van der Waals surface area contributed by atoms with E-state index in [2.05, 4.69) is 6.92 Å². The number of aldehydes is 1. The van der Waals surface area contributed by atoms with Crippen molar-refractivity contribution in [2.24, 2.45) is 0 Å². The maximum atomic E-state index is 9.82. The maximum Gasteiger partial charge on any atom is 0.142 e. The van der Waals surface area contributed by atoms with Gasteiger partial charge in [-0.3, -0.25) is 4.79 Å². The third-order valence-electron chi connectivity index (χ3n) is 1.18. The molecule has 1 unspecified atom stereocenters. The van der Waals surface area contributed by atoms with Crippen LogP contribution < -0.4 is 0 Å². The lowest BCUT2D eigenvalue weighted by Crippen LogP contribution is -1.95. The minimum absolute atomic E-state index is 0.619. The molecule has 0 fully saturated rings. The molecule has 0 aromatic carbocycles. The van der Waals surface area contributed by atoms with E-state index >= 15 is 0 Å². The van der Waals surface area contributed by atoms with Gasteiger partial charge in [0.15, 0.2) is 0 Å². The molecular formula is C9H14O2. The summed E-state index contributed by atoms with van der Waals surface area (Å²) in [5.41, 5.74) is 0. The smallest absolute Gasteiger partial charge is 0.142 e. The minimum Gasteiger partial charge on any atom is -0.385 e. The standard InChI is InChI=1S/C9H14O2/c1-2-3-4-6-9(11)7-5-8-10/h4-9,11H,2-3H2,1H3. The van der Waals surface area contributed by atoms with Crippen molar-refractivity contribution in [3.05, 3.63) is 24.3 Å². The molecule has 0 saturated carbocycles. The van der Waals surface area contributed by atoms with Gasteiger partial charge in [0.25, 0.3) is 0 Å². The molecule has 2 heteroatoms. The number of carbonyl (C=O) groups excluding carboxylic acids is 1. The van der Waals surface area contributed by atoms with E-state index in [1.807, 2.05) is 6.08 Å². The Morgan fingerprint density at radius 1 is 1.45 bits per heavy atom. The number of unbranched alkanes of at least 4 members (excludes halogenated alkanes) is 1. The van der Waals surface area contributed by atoms with Crippen molar-refractivity contribution in [1.29, 1.82) is 0 Å². The van der Waals surface area contributed by atoms with Crippen LogP contribution in [-0.4, -0.2) is 17.5 Å². The average molecular weight is 154 g/mol. The zero-order valence-electron chi connectivity index (χ0n) is 6.73. The van der Waals surface area contributed by atoms with E-state index in [4.69, 9.17) is 5.11 Å². The Morgan fingerprint density at radius 2 is 2.18 bits per heavy atom. The average Bonchev–Trinajstić information content (AvgIpc) is 2.01. The van der Waals surface area contributed by atoms with Gasteiger partial charge < -0.3 is 5.11 Å². The zero-order chi connectivity index (χ0) is 8.53. The Hall–Kier alpha value is -0.890. The van der Waals surface area contributed by atoms with Gasteiger partial charge in [-0.05, 0) is 18.6 Å². The molecule has 1 atom stereocenters. The highest BCUT2D eigenvalue weighted by atomic mass is 16.3. The van der Waals surface area contributed by atoms with Crippen LogP contribution in [0.5, 0.6) is 0 Å². The molecule has 0 aromatic rings. The summed E-state index contributed by atoms with van der Waals surface area (Å²) in [6.45, 7) is 2.07. The van der Waals surface area contributed by atoms with Crippen LogP contribution in [0.3, 0.4) is 0 Å². The van der Waals surface area contributed by atoms with Crippen molar-refractivity contribution in [2.75, 3.05) is 0 Å². The first-order chi connectivity index (χ1) is 5.31. The van der Waals surface area contributed by atoms with E-state index in [0.717, 1.165) is 12.8 Å². The van der Waals surface area contributed by atoms with E-state index in [0.29, 0.717) is 6.29 Å². The first-order valence-electron chi connectivity index (χ1n) is 3.78. The Labute approximate surface area is 67.2 Å². The minimum atomic E-state index is -0.619. The van der Waals surface area contributed by atoms with Crippen molar-refractivity contribution in [3.8, 4) is 0 Å². The van der Waals surface area contributed by atoms with Gasteiger partial charge in [-0.1, -0.05) is 25.5 Å². The van der Waals surface area contributed by atoms with Crippen molar-refractivity contribution < 1.29 is 9.90 Å². The molecule has 11 heavy (non-hydrogen) atoms. The second kappa shape index (κ2) is 7.22. The summed E-state index contributed by atoms with van der Waals surface area (Å²) in [4.78, 5) is 9.82. The van der Waals surface area contributed by atoms with E-state index in [1.54, 1.807) is 6.08 Å². The highest BCUT2D eigenvalue weighted by molar-refractivity contribution is 5.64. The number of hydrogen-bond acceptors (Lipinski definition) is 2. The lowest BCUT2D eigenvalue weighted by atomic mass is 10.2. The third-order valence-corrected chi connectivity index (χ3v) is 1.18. The lowest BCUT2D eigenvalue weighted by Gasteiger charge is -1.94. The predicted molar refractivity (Wildman–Crippen MR) is 45.3 cm³/mol. The molecule has 0 aliphatic carbocycles. The SMILES string of the molecule is CCCC=CC(O)C=CC=O. The van der Waals surface area contributed by atoms with Crippen LogP contribution in [0.15, 0.2) is 24.3 Å². The molecule has 0 aromatic heterocycles. The molecule has 0 spiro atoms. The van der Waals surface area contributed by atoms with E-state index in [-0.39, 0.29) is 0 Å². The van der Waals surface area contributed by atoms with Gasteiger partial charge in [-0.2, -0.15) is 0 Å². The fourth-order valence-electron chi connectivity index (χ4n) is 0.626. The van der Waals surface area contributed by atoms with Crippen LogP contribution in [0.1, 0.15) is 19.8 Å². The number of carbonyl (C=O) groups is 1. The summed E-state index contributed by atoms with van der Waals surface area (Å²) in [5, 5.41) is 9.07. The summed E-state index contributed by atoms with van der Waals surface area (Å²) in [6, 6.07) is 0. The van der Waals surface area contributed by atoms with Gasteiger partial charge >= 0.3 is 0 Å². The highest BCUT2D eigenvalue weighted by Crippen LogP contribution is 1.93. The van der Waals surface area contributed by atoms with Gasteiger partial charge in [-0.25, -0.2) is 0 Å². The second-order valence-electron chi connectivity index (χ2n) is 2.23. The molecule has 0 bridgehead atoms. The van der Waals surface area contributed by atoms with Crippen molar-refractivity contribution >= 4 is 6.29 Å². The molecule has 0 aliphatic heterocycles. The Morgan fingerprint density at radius 3 is 2.73 bits per heavy atom. The lowest BCUT2D eigenvalue weighted by molar-refractivity contribution is -0.104. The first kappa shape index (κ1) is 10.1. The number of aliphatic hydroxyl groups is 1. The van der Waals surface area contributed by atoms with Gasteiger partial charge in [0.05, 0.1) is 6.10 Å². The van der Waals surface area contributed by atoms with E-state index in [1.165, 1.54) is 12.2 Å². The normalized spacial score (nSPS) is 14.4. The summed E-state index contributed by atoms with van der Waals surface area (Å²) in [6.07, 6.45) is 8.37. The third kappa shape index (κ3) is 7.00. The summed E-state index contributed by atoms with van der Waals surface area (Å²) in [5.74, 6) is 0. The molecule has 0 aliphatic rings. The van der Waals surface area contributed by atoms with Crippen molar-refractivity contribution in [3.63, 3.8) is 0 Å². The summed E-state index contributed by atoms with van der Waals surface area (Å²) < 4.78 is 0. The summed E-state index contributed by atoms with van der Waals surface area (Å²) >= 11 is 0. The molecule has 0 heterocycles. The number of allylic oxidation sites excluding steroid dienone is 2. The quantitative estimate of drug-likeness (QED) is 0.370. The van der Waals surface area contributed by atoms with Crippen LogP contribution in [0.25, 0.3) is 0 Å². The molecule has 0 saturated heterocycles. The van der Waals surface area contributed by atoms with Crippen LogP contribution in [0.4, 0.5) is 0 Å². The van der Waals surface area contributed by atoms with Crippen LogP contribution in [-0.2, 0) is 4.79 Å². The number of rotatable bonds is 5. The first-order valence-corrected chi connectivity index (χ1v) is 3.78. The van der Waals surface area contributed by atoms with Crippen molar-refractivity contribution in [1.82, 2.24) is 0 Å². The Bertz CT molecular complexity index is 148. The highest BCUT2D eigenvalue weighted by Gasteiger charge is 1.88. The Kier molecular flexibility index (Phi) is 6.64. The molecule has 62 valence electrons. The predicted octanol–water partition coefficient (Wildman–Crippen LogP) is 1.46. The maximum absolute atomic E-state index is 9.82. The molecule has 1 N–H and O–H groups in total. The molecular weight excluding hydrogens is 140 g/mol. The second-order valence-corrected chi connectivity index (χ2v) is 2.23. The van der Waals surface area contributed by atoms with E-state index in [9.17, 15) is 4.79 Å². The van der Waals surface area contributed by atoms with Gasteiger partial charge in [0.1, 0.15) is 6.29 Å². The topological polar surface area (TPSA) is 37.3 Å². The molecule has 0 amide bonds. The van der Waals surface area contributed by atoms with Crippen molar-refractivity contribution in [2.45, 2.75) is 25.9 Å². The van der Waals surface area contributed by atoms with Crippen LogP contribution in [0, 0.1) is 0 Å². The molecule has 0 radical (unpaired) electrons. The number of aliphatic hydroxyl groups excluding tert-OH is 1. The fraction of sp³-hybridized carbons (Fsp3) is 0.444. The largest absolute Gasteiger partial charge is 0.385 e. The number of hydrogen-bond donors (Lipinski definition) is 1. The monoisotopic (exact) mass is 154 g/mol. The van der Waals surface area contributed by atoms with Gasteiger partial charge in [-0.15, -0.1) is 0 Å². The fourth-order valence-corrected chi connectivity index (χ4v) is 0.626. The Balaban J connectivity index is 3.58. The zero-order valence-corrected chi connectivity index (χ0v) is 6.73. The molecule has 2 nitrogen and oxygen atoms in total. The van der Waals surface area contributed by atoms with Crippen LogP contribution >= 0.6 is 0 Å².